The summed E-state index contributed by atoms with van der Waals surface area (Å²) in [6.45, 7) is 1.65. The zero-order chi connectivity index (χ0) is 17.3. The fourth-order valence-corrected chi connectivity index (χ4v) is 2.76. The van der Waals surface area contributed by atoms with Crippen molar-refractivity contribution in [3.8, 4) is 5.88 Å². The van der Waals surface area contributed by atoms with Crippen LogP contribution in [0.5, 0.6) is 5.88 Å². The zero-order valence-corrected chi connectivity index (χ0v) is 13.1. The molecule has 2 aromatic rings. The van der Waals surface area contributed by atoms with Crippen LogP contribution in [-0.4, -0.2) is 33.9 Å². The first-order valence-corrected chi connectivity index (χ1v) is 7.52. The highest BCUT2D eigenvalue weighted by molar-refractivity contribution is 5.89. The second-order valence-electron chi connectivity index (χ2n) is 5.69. The predicted octanol–water partition coefficient (Wildman–Crippen LogP) is 2.57. The molecule has 0 radical (unpaired) electrons. The van der Waals surface area contributed by atoms with Crippen LogP contribution in [0.1, 0.15) is 23.7 Å². The lowest BCUT2D eigenvalue weighted by Gasteiger charge is -2.32. The Hall–Kier alpha value is -2.67. The number of fused-ring (bicyclic) bond motifs is 1. The van der Waals surface area contributed by atoms with Crippen molar-refractivity contribution >= 4 is 11.8 Å². The number of amides is 1. The van der Waals surface area contributed by atoms with Gasteiger partial charge in [0.25, 0.3) is 0 Å². The average Bonchev–Trinajstić information content (AvgIpc) is 2.56. The number of anilines is 1. The molecule has 2 N–H and O–H groups in total. The Morgan fingerprint density at radius 2 is 2.12 bits per heavy atom. The van der Waals surface area contributed by atoms with Gasteiger partial charge in [0.1, 0.15) is 18.1 Å². The van der Waals surface area contributed by atoms with E-state index in [4.69, 9.17) is 4.74 Å². The number of hydrogen-bond acceptors (Lipinski definition) is 4. The summed E-state index contributed by atoms with van der Waals surface area (Å²) in [5.74, 6) is -0.133. The van der Waals surface area contributed by atoms with Crippen molar-refractivity contribution in [1.82, 2.24) is 4.98 Å². The smallest absolute Gasteiger partial charge is 0.412 e. The molecule has 24 heavy (non-hydrogen) atoms. The molecule has 126 valence electrons. The summed E-state index contributed by atoms with van der Waals surface area (Å²) in [5.41, 5.74) is 2.28. The minimum Gasteiger partial charge on any atom is -0.474 e. The Kier molecular flexibility index (Phi) is 4.35. The molecule has 1 aromatic carbocycles. The van der Waals surface area contributed by atoms with Crippen molar-refractivity contribution in [1.29, 1.82) is 0 Å². The van der Waals surface area contributed by atoms with Gasteiger partial charge in [-0.2, -0.15) is 0 Å². The highest BCUT2D eigenvalue weighted by Gasteiger charge is 2.31. The quantitative estimate of drug-likeness (QED) is 0.903. The Balaban J connectivity index is 2.03. The first-order chi connectivity index (χ1) is 11.5. The molecular formula is C17H17FN2O4. The van der Waals surface area contributed by atoms with E-state index in [0.29, 0.717) is 23.4 Å². The maximum absolute atomic E-state index is 13.0. The van der Waals surface area contributed by atoms with E-state index in [-0.39, 0.29) is 31.0 Å². The average molecular weight is 332 g/mol. The van der Waals surface area contributed by atoms with Gasteiger partial charge in [-0.05, 0) is 42.7 Å². The normalized spacial score (nSPS) is 16.5. The third-order valence-electron chi connectivity index (χ3n) is 3.96. The number of rotatable bonds is 3. The van der Waals surface area contributed by atoms with Crippen LogP contribution in [0, 0.1) is 5.82 Å². The number of carboxylic acid groups (broad SMARTS) is 1. The van der Waals surface area contributed by atoms with Gasteiger partial charge >= 0.3 is 6.09 Å². The second kappa shape index (κ2) is 6.45. The molecule has 1 unspecified atom stereocenters. The van der Waals surface area contributed by atoms with Crippen molar-refractivity contribution in [2.24, 2.45) is 0 Å². The molecule has 2 heterocycles. The largest absolute Gasteiger partial charge is 0.474 e. The first-order valence-electron chi connectivity index (χ1n) is 7.52. The van der Waals surface area contributed by atoms with Gasteiger partial charge in [-0.25, -0.2) is 14.2 Å². The molecule has 0 saturated heterocycles. The number of aliphatic hydroxyl groups is 1. The second-order valence-corrected chi connectivity index (χ2v) is 5.69. The van der Waals surface area contributed by atoms with Gasteiger partial charge < -0.3 is 14.9 Å². The van der Waals surface area contributed by atoms with E-state index in [1.807, 2.05) is 0 Å². The van der Waals surface area contributed by atoms with Crippen LogP contribution in [0.25, 0.3) is 0 Å². The summed E-state index contributed by atoms with van der Waals surface area (Å²) >= 11 is 0. The number of aromatic nitrogens is 1. The van der Waals surface area contributed by atoms with Gasteiger partial charge in [-0.1, -0.05) is 12.1 Å². The number of nitrogens with zero attached hydrogens (tertiary/aromatic N) is 2. The number of ether oxygens (including phenoxy) is 1. The molecule has 1 amide bonds. The summed E-state index contributed by atoms with van der Waals surface area (Å²) in [6.07, 6.45) is -0.684. The molecule has 0 spiro atoms. The molecule has 1 aromatic heterocycles. The van der Waals surface area contributed by atoms with Crippen LogP contribution in [0.3, 0.4) is 0 Å². The number of carbonyl (C=O) groups is 1. The summed E-state index contributed by atoms with van der Waals surface area (Å²) in [7, 11) is 0. The maximum atomic E-state index is 13.0. The predicted molar refractivity (Wildman–Crippen MR) is 84.8 cm³/mol. The van der Waals surface area contributed by atoms with Crippen molar-refractivity contribution in [2.75, 3.05) is 11.5 Å². The van der Waals surface area contributed by atoms with Crippen LogP contribution >= 0.6 is 0 Å². The fraction of sp³-hybridized carbons (Fsp3) is 0.294. The van der Waals surface area contributed by atoms with Crippen LogP contribution in [-0.2, 0) is 13.0 Å². The molecule has 0 bridgehead atoms. The van der Waals surface area contributed by atoms with Crippen LogP contribution in [0.15, 0.2) is 30.3 Å². The molecular weight excluding hydrogens is 315 g/mol. The number of benzene rings is 1. The molecule has 1 aliphatic heterocycles. The van der Waals surface area contributed by atoms with Crippen molar-refractivity contribution in [3.63, 3.8) is 0 Å². The lowest BCUT2D eigenvalue weighted by Crippen LogP contribution is -2.44. The van der Waals surface area contributed by atoms with Gasteiger partial charge in [0.05, 0.1) is 18.3 Å². The van der Waals surface area contributed by atoms with Crippen molar-refractivity contribution < 1.29 is 24.1 Å². The van der Waals surface area contributed by atoms with Crippen molar-refractivity contribution in [3.05, 3.63) is 53.0 Å². The Labute approximate surface area is 138 Å². The standard InChI is InChI=1S/C17H17FN2O4/c1-10-9-24-16-15(20(10)17(22)23)7-12(14(8-21)19-16)6-11-2-4-13(18)5-3-11/h2-5,7,10,21H,6,8-9H2,1H3,(H,22,23). The zero-order valence-electron chi connectivity index (χ0n) is 13.1. The molecule has 1 aliphatic rings. The highest BCUT2D eigenvalue weighted by atomic mass is 19.1. The lowest BCUT2D eigenvalue weighted by atomic mass is 10.0. The van der Waals surface area contributed by atoms with E-state index in [2.05, 4.69) is 4.98 Å². The molecule has 3 rings (SSSR count). The van der Waals surface area contributed by atoms with E-state index >= 15 is 0 Å². The summed E-state index contributed by atoms with van der Waals surface area (Å²) in [4.78, 5) is 17.0. The summed E-state index contributed by atoms with van der Waals surface area (Å²) in [5, 5.41) is 19.0. The summed E-state index contributed by atoms with van der Waals surface area (Å²) in [6, 6.07) is 7.33. The third kappa shape index (κ3) is 3.03. The van der Waals surface area contributed by atoms with Crippen LogP contribution in [0.2, 0.25) is 0 Å². The van der Waals surface area contributed by atoms with E-state index < -0.39 is 6.09 Å². The molecule has 0 fully saturated rings. The highest BCUT2D eigenvalue weighted by Crippen LogP contribution is 2.34. The third-order valence-corrected chi connectivity index (χ3v) is 3.96. The van der Waals surface area contributed by atoms with E-state index in [0.717, 1.165) is 5.56 Å². The number of aliphatic hydroxyl groups excluding tert-OH is 1. The minimum atomic E-state index is -1.08. The minimum absolute atomic E-state index is 0.197. The van der Waals surface area contributed by atoms with Crippen molar-refractivity contribution in [2.45, 2.75) is 26.0 Å². The molecule has 1 atom stereocenters. The van der Waals surface area contributed by atoms with Gasteiger partial charge in [0.15, 0.2) is 0 Å². The maximum Gasteiger partial charge on any atom is 0.412 e. The van der Waals surface area contributed by atoms with Gasteiger partial charge in [-0.15, -0.1) is 0 Å². The van der Waals surface area contributed by atoms with E-state index in [9.17, 15) is 19.4 Å². The van der Waals surface area contributed by atoms with Crippen LogP contribution in [0.4, 0.5) is 14.9 Å². The van der Waals surface area contributed by atoms with E-state index in [1.54, 1.807) is 25.1 Å². The Morgan fingerprint density at radius 3 is 2.75 bits per heavy atom. The molecule has 0 aliphatic carbocycles. The Bertz CT molecular complexity index is 764. The molecule has 0 saturated carbocycles. The fourth-order valence-electron chi connectivity index (χ4n) is 2.76. The van der Waals surface area contributed by atoms with Gasteiger partial charge in [0.2, 0.25) is 5.88 Å². The topological polar surface area (TPSA) is 82.9 Å². The lowest BCUT2D eigenvalue weighted by molar-refractivity contribution is 0.188. The van der Waals surface area contributed by atoms with Crippen LogP contribution < -0.4 is 9.64 Å². The molecule has 6 nitrogen and oxygen atoms in total. The molecule has 7 heteroatoms. The number of hydrogen-bond donors (Lipinski definition) is 2. The Morgan fingerprint density at radius 1 is 1.42 bits per heavy atom. The van der Waals surface area contributed by atoms with E-state index in [1.165, 1.54) is 17.0 Å². The van der Waals surface area contributed by atoms with Gasteiger partial charge in [-0.3, -0.25) is 4.90 Å². The first kappa shape index (κ1) is 16.2. The summed E-state index contributed by atoms with van der Waals surface area (Å²) < 4.78 is 18.5. The SMILES string of the molecule is CC1COc2nc(CO)c(Cc3ccc(F)cc3)cc2N1C(=O)O. The monoisotopic (exact) mass is 332 g/mol. The number of halogens is 1. The number of pyridine rings is 1. The van der Waals surface area contributed by atoms with Gasteiger partial charge in [0, 0.05) is 0 Å².